The van der Waals surface area contributed by atoms with E-state index in [-0.39, 0.29) is 133 Å². The zero-order chi connectivity index (χ0) is 110. The van der Waals surface area contributed by atoms with Crippen LogP contribution in [0.15, 0.2) is 218 Å². The zero-order valence-corrected chi connectivity index (χ0v) is 94.0. The van der Waals surface area contributed by atoms with Gasteiger partial charge in [-0.05, 0) is 315 Å². The highest BCUT2D eigenvalue weighted by Crippen LogP contribution is 2.50. The molecule has 12 rings (SSSR count). The van der Waals surface area contributed by atoms with Gasteiger partial charge in [-0.1, -0.05) is 260 Å². The molecule has 24 nitrogen and oxygen atoms in total. The molecule has 2 atom stereocenters. The first-order valence-electron chi connectivity index (χ1n) is 50.5. The summed E-state index contributed by atoms with van der Waals surface area (Å²) in [6.07, 6.45) is -0.776. The monoisotopic (exact) mass is 2070 g/mol. The van der Waals surface area contributed by atoms with Crippen molar-refractivity contribution in [3.05, 3.63) is 319 Å². The van der Waals surface area contributed by atoms with E-state index in [9.17, 15) is 60.0 Å². The standard InChI is InChI=1S/C66H86N3O9P.C57H68N3O9P/c1-61(2,3)49-31-40(32-50(58(49)73)62(4,5)6)37-55(70)67-43-19-25-46(26-20-43)76-79(77-47-27-21-44(22-28-47)68-56(71)38-41-33-51(63(7,8)9)59(74)52(34-41)64(10,11)12)78-48-29-23-45(24-30-48)69-57(72)39-42-35-53(65(13,14)15)60(75)54(36-42)66(16,17)18;1-34-25-37(28-46(52(34)64)55(4,5)6)31-49(61)58-40-13-19-43(20-14-40)67-70(68-44-21-15-41(16-22-44)59-50(62)32-38-26-35(2)53(65)47(29-38)56(7,8)9)69-45-23-17-42(18-24-45)60-51(63)33-39-27-36(3)54(66)48(30-39)57(10,11)12/h19-36,55,67,70,73-75H,37-39H2,1-18H3,(H,68,71)(H,69,72);13-30,49,58,61,64-66H,31-33H2,1-12H3,(H,59,62)(H,60,63). The molecule has 14 N–H and O–H groups in total. The Morgan fingerprint density at radius 2 is 0.376 bits per heavy atom. The average molecular weight is 2070 g/mol. The van der Waals surface area contributed by atoms with Gasteiger partial charge in [-0.3, -0.25) is 19.2 Å². The number of phenols is 6. The van der Waals surface area contributed by atoms with Crippen LogP contribution in [-0.4, -0.2) is 76.9 Å². The van der Waals surface area contributed by atoms with E-state index in [1.54, 1.807) is 146 Å². The van der Waals surface area contributed by atoms with E-state index in [1.165, 1.54) is 0 Å². The Hall–Kier alpha value is -13.5. The number of aliphatic hydroxyl groups excluding tert-OH is 2. The molecule has 0 saturated heterocycles. The van der Waals surface area contributed by atoms with Gasteiger partial charge < -0.3 is 99.9 Å². The second-order valence-electron chi connectivity index (χ2n) is 48.1. The first kappa shape index (κ1) is 116. The summed E-state index contributed by atoms with van der Waals surface area (Å²) < 4.78 is 38.0. The van der Waals surface area contributed by atoms with Crippen molar-refractivity contribution >= 4 is 75.0 Å². The minimum Gasteiger partial charge on any atom is -0.507 e. The van der Waals surface area contributed by atoms with Crippen LogP contribution in [0.4, 0.5) is 34.1 Å². The number of benzene rings is 12. The molecule has 149 heavy (non-hydrogen) atoms. The number of aryl methyl sites for hydroxylation is 3. The lowest BCUT2D eigenvalue weighted by Gasteiger charge is -2.28. The highest BCUT2D eigenvalue weighted by Gasteiger charge is 2.34. The van der Waals surface area contributed by atoms with Crippen molar-refractivity contribution in [2.45, 2.75) is 307 Å². The van der Waals surface area contributed by atoms with Gasteiger partial charge in [0.1, 0.15) is 81.4 Å². The second kappa shape index (κ2) is 46.7. The maximum Gasteiger partial charge on any atom is 0.530 e. The molecule has 0 aromatic heterocycles. The van der Waals surface area contributed by atoms with E-state index in [1.807, 2.05) is 239 Å². The van der Waals surface area contributed by atoms with E-state index in [2.05, 4.69) is 73.4 Å². The van der Waals surface area contributed by atoms with Gasteiger partial charge in [0.05, 0.1) is 25.7 Å². The smallest absolute Gasteiger partial charge is 0.507 e. The zero-order valence-electron chi connectivity index (χ0n) is 92.2. The molecule has 2 unspecified atom stereocenters. The Labute approximate surface area is 883 Å². The highest BCUT2D eigenvalue weighted by atomic mass is 31.2. The van der Waals surface area contributed by atoms with Crippen LogP contribution in [0.5, 0.6) is 69.0 Å². The van der Waals surface area contributed by atoms with Crippen molar-refractivity contribution in [2.24, 2.45) is 0 Å². The van der Waals surface area contributed by atoms with Crippen LogP contribution in [0, 0.1) is 20.8 Å². The molecule has 0 heterocycles. The second-order valence-corrected chi connectivity index (χ2v) is 50.1. The van der Waals surface area contributed by atoms with Gasteiger partial charge in [-0.25, -0.2) is 0 Å². The van der Waals surface area contributed by atoms with Gasteiger partial charge in [0.15, 0.2) is 0 Å². The number of rotatable bonds is 32. The average Bonchev–Trinajstić information content (AvgIpc) is 0.776. The SMILES string of the molecule is CC(C)(C)c1cc(CC(=O)Nc2ccc(OP(Oc3ccc(NC(=O)Cc4cc(C(C)(C)C)c(O)c(C(C)(C)C)c4)cc3)Oc3ccc(NC(O)Cc4cc(C(C)(C)C)c(O)c(C(C)(C)C)c4)cc3)cc2)cc(C(C)(C)C)c1O.Cc1cc(CC(=O)Nc2ccc(OP(Oc3ccc(NC(=O)Cc4cc(C)c(O)c(C(C)(C)C)c4)cc3)Oc3ccc(NC(O)Cc4cc(C)c(O)c(C(C)(C)C)c4)cc3)cc2)cc(C(C)(C)C)c1O. The summed E-state index contributed by atoms with van der Waals surface area (Å²) in [6.45, 7) is 60.6. The van der Waals surface area contributed by atoms with Gasteiger partial charge in [0.25, 0.3) is 0 Å². The van der Waals surface area contributed by atoms with Crippen molar-refractivity contribution in [1.29, 1.82) is 0 Å². The summed E-state index contributed by atoms with van der Waals surface area (Å²) in [7, 11) is -4.29. The minimum atomic E-state index is -2.16. The number of phenolic OH excluding ortho intramolecular Hbond substituents is 6. The van der Waals surface area contributed by atoms with E-state index in [0.717, 1.165) is 89.0 Å². The number of carbonyl (C=O) groups is 4. The van der Waals surface area contributed by atoms with Gasteiger partial charge in [-0.2, -0.15) is 0 Å². The van der Waals surface area contributed by atoms with Crippen LogP contribution in [-0.2, 0) is 106 Å². The van der Waals surface area contributed by atoms with E-state index < -0.39 is 29.7 Å². The fourth-order valence-corrected chi connectivity index (χ4v) is 19.2. The summed E-state index contributed by atoms with van der Waals surface area (Å²) in [5.41, 5.74) is 15.1. The molecule has 794 valence electrons. The molecule has 0 aliphatic carbocycles. The Balaban J connectivity index is 0.000000285. The number of anilines is 6. The number of aromatic hydroxyl groups is 6. The highest BCUT2D eigenvalue weighted by molar-refractivity contribution is 7.43. The molecular weight excluding hydrogens is 1910 g/mol. The first-order chi connectivity index (χ1) is 69.1. The first-order valence-corrected chi connectivity index (χ1v) is 52.7. The molecule has 0 bridgehead atoms. The summed E-state index contributed by atoms with van der Waals surface area (Å²) in [6, 6.07) is 64.4. The molecule has 4 amide bonds. The van der Waals surface area contributed by atoms with Crippen molar-refractivity contribution in [3.8, 4) is 69.0 Å². The molecule has 0 aliphatic heterocycles. The summed E-state index contributed by atoms with van der Waals surface area (Å²) in [4.78, 5) is 53.3. The maximum atomic E-state index is 13.5. The Kier molecular flexibility index (Phi) is 36.3. The van der Waals surface area contributed by atoms with Gasteiger partial charge in [0.2, 0.25) is 23.6 Å². The lowest BCUT2D eigenvalue weighted by atomic mass is 9.78. The van der Waals surface area contributed by atoms with Crippen molar-refractivity contribution < 1.29 is 87.2 Å². The summed E-state index contributed by atoms with van der Waals surface area (Å²) >= 11 is 0. The lowest BCUT2D eigenvalue weighted by Crippen LogP contribution is -2.23. The largest absolute Gasteiger partial charge is 0.530 e. The quantitative estimate of drug-likeness (QED) is 0.0138. The molecule has 26 heteroatoms. The molecule has 0 aliphatic rings. The van der Waals surface area contributed by atoms with Crippen molar-refractivity contribution in [1.82, 2.24) is 0 Å². The molecule has 0 fully saturated rings. The summed E-state index contributed by atoms with van der Waals surface area (Å²) in [5, 5.41) is 106. The van der Waals surface area contributed by atoms with E-state index in [4.69, 9.17) is 27.1 Å². The minimum absolute atomic E-state index is 0.109. The third-order valence-electron chi connectivity index (χ3n) is 25.2. The number of nitrogens with one attached hydrogen (secondary N) is 6. The third-order valence-corrected chi connectivity index (χ3v) is 27.3. The topological polar surface area (TPSA) is 358 Å². The van der Waals surface area contributed by atoms with Crippen LogP contribution < -0.4 is 59.0 Å². The van der Waals surface area contributed by atoms with Crippen LogP contribution in [0.1, 0.15) is 287 Å². The predicted octanol–water partition coefficient (Wildman–Crippen LogP) is 28.4. The van der Waals surface area contributed by atoms with Gasteiger partial charge >= 0.3 is 17.2 Å². The maximum absolute atomic E-state index is 13.5. The molecular formula is C123H154N6O18P2. The number of hydrogen-bond acceptors (Lipinski definition) is 20. The number of carbonyl (C=O) groups excluding carboxylic acids is 4. The van der Waals surface area contributed by atoms with Crippen LogP contribution in [0.25, 0.3) is 0 Å². The lowest BCUT2D eigenvalue weighted by molar-refractivity contribution is -0.116. The van der Waals surface area contributed by atoms with E-state index >= 15 is 0 Å². The third kappa shape index (κ3) is 32.8. The fraction of sp³-hybridized carbons (Fsp3) is 0.382. The van der Waals surface area contributed by atoms with Crippen molar-refractivity contribution in [3.63, 3.8) is 0 Å². The number of amides is 4. The van der Waals surface area contributed by atoms with Crippen LogP contribution in [0.3, 0.4) is 0 Å². The Morgan fingerprint density at radius 3 is 0.557 bits per heavy atom. The van der Waals surface area contributed by atoms with Crippen molar-refractivity contribution in [2.75, 3.05) is 31.9 Å². The van der Waals surface area contributed by atoms with E-state index in [0.29, 0.717) is 92.6 Å². The number of hydrogen-bond donors (Lipinski definition) is 14. The fourth-order valence-electron chi connectivity index (χ4n) is 17.2. The molecule has 12 aromatic rings. The Morgan fingerprint density at radius 1 is 0.228 bits per heavy atom. The van der Waals surface area contributed by atoms with Crippen LogP contribution >= 0.6 is 17.2 Å². The number of aliphatic hydroxyl groups is 2. The molecule has 0 spiro atoms. The Bertz CT molecular complexity index is 6350. The predicted molar refractivity (Wildman–Crippen MR) is 603 cm³/mol. The molecule has 12 aromatic carbocycles. The van der Waals surface area contributed by atoms with Crippen LogP contribution in [0.2, 0.25) is 0 Å². The van der Waals surface area contributed by atoms with Gasteiger partial charge in [0, 0.05) is 47.0 Å². The van der Waals surface area contributed by atoms with Gasteiger partial charge in [-0.15, -0.1) is 0 Å². The summed E-state index contributed by atoms with van der Waals surface area (Å²) in [5.74, 6) is 3.21. The normalized spacial score (nSPS) is 12.7. The molecule has 0 saturated carbocycles. The molecule has 0 radical (unpaired) electrons.